The van der Waals surface area contributed by atoms with Crippen LogP contribution in [0.2, 0.25) is 0 Å². The lowest BCUT2D eigenvalue weighted by atomic mass is 10.2. The zero-order chi connectivity index (χ0) is 14.5. The van der Waals surface area contributed by atoms with Crippen LogP contribution in [0.1, 0.15) is 17.8 Å². The molecule has 3 rings (SSSR count). The zero-order valence-corrected chi connectivity index (χ0v) is 11.8. The van der Waals surface area contributed by atoms with Crippen LogP contribution in [-0.4, -0.2) is 21.3 Å². The van der Waals surface area contributed by atoms with Gasteiger partial charge in [-0.05, 0) is 30.2 Å². The molecule has 0 bridgehead atoms. The summed E-state index contributed by atoms with van der Waals surface area (Å²) in [6.07, 6.45) is 4.83. The molecular formula is C18H18N2O. The molecule has 1 N–H and O–H groups in total. The van der Waals surface area contributed by atoms with Gasteiger partial charge in [-0.1, -0.05) is 48.5 Å². The molecule has 0 radical (unpaired) electrons. The van der Waals surface area contributed by atoms with Crippen LogP contribution in [0.15, 0.2) is 54.6 Å². The molecule has 3 aromatic rings. The topological polar surface area (TPSA) is 38.0 Å². The summed E-state index contributed by atoms with van der Waals surface area (Å²) in [6, 6.07) is 18.3. The summed E-state index contributed by atoms with van der Waals surface area (Å²) in [7, 11) is 0. The van der Waals surface area contributed by atoms with Gasteiger partial charge in [-0.2, -0.15) is 0 Å². The third-order valence-electron chi connectivity index (χ3n) is 3.45. The van der Waals surface area contributed by atoms with Crippen LogP contribution in [-0.2, 0) is 6.54 Å². The van der Waals surface area contributed by atoms with Gasteiger partial charge in [0.2, 0.25) is 0 Å². The maximum absolute atomic E-state index is 9.08. The van der Waals surface area contributed by atoms with Crippen LogP contribution in [0.25, 0.3) is 23.2 Å². The normalized spacial score (nSPS) is 11.5. The van der Waals surface area contributed by atoms with E-state index in [1.807, 2.05) is 42.5 Å². The lowest BCUT2D eigenvalue weighted by molar-refractivity contribution is 0.280. The molecule has 0 fully saturated rings. The zero-order valence-electron chi connectivity index (χ0n) is 11.8. The van der Waals surface area contributed by atoms with Gasteiger partial charge in [-0.25, -0.2) is 4.98 Å². The average Bonchev–Trinajstić information content (AvgIpc) is 2.89. The molecule has 0 saturated carbocycles. The van der Waals surface area contributed by atoms with E-state index in [1.54, 1.807) is 0 Å². The molecule has 0 aliphatic heterocycles. The van der Waals surface area contributed by atoms with Crippen molar-refractivity contribution < 1.29 is 5.11 Å². The van der Waals surface area contributed by atoms with Crippen LogP contribution >= 0.6 is 0 Å². The first-order valence-corrected chi connectivity index (χ1v) is 7.18. The molecule has 21 heavy (non-hydrogen) atoms. The second-order valence-electron chi connectivity index (χ2n) is 4.93. The molecule has 0 aliphatic carbocycles. The minimum atomic E-state index is 0.189. The van der Waals surface area contributed by atoms with Crippen LogP contribution in [0.5, 0.6) is 0 Å². The second kappa shape index (κ2) is 6.37. The Morgan fingerprint density at radius 2 is 1.71 bits per heavy atom. The van der Waals surface area contributed by atoms with Crippen LogP contribution in [0.4, 0.5) is 0 Å². The van der Waals surface area contributed by atoms with E-state index in [1.165, 1.54) is 0 Å². The van der Waals surface area contributed by atoms with Gasteiger partial charge in [0.1, 0.15) is 5.82 Å². The fraction of sp³-hybridized carbons (Fsp3) is 0.167. The Bertz CT molecular complexity index is 744. The molecular weight excluding hydrogens is 260 g/mol. The summed E-state index contributed by atoms with van der Waals surface area (Å²) in [5.74, 6) is 0.925. The Kier molecular flexibility index (Phi) is 4.12. The quantitative estimate of drug-likeness (QED) is 0.774. The van der Waals surface area contributed by atoms with Crippen molar-refractivity contribution in [1.29, 1.82) is 0 Å². The lowest BCUT2D eigenvalue weighted by Crippen LogP contribution is -2.02. The number of para-hydroxylation sites is 2. The summed E-state index contributed by atoms with van der Waals surface area (Å²) in [5, 5.41) is 9.08. The van der Waals surface area contributed by atoms with Gasteiger partial charge in [0.15, 0.2) is 0 Å². The molecule has 0 spiro atoms. The Morgan fingerprint density at radius 1 is 0.952 bits per heavy atom. The molecule has 2 aromatic carbocycles. The average molecular weight is 278 g/mol. The van der Waals surface area contributed by atoms with E-state index in [-0.39, 0.29) is 6.61 Å². The molecule has 0 atom stereocenters. The molecule has 0 saturated heterocycles. The van der Waals surface area contributed by atoms with Gasteiger partial charge in [0, 0.05) is 13.2 Å². The first kappa shape index (κ1) is 13.6. The number of fused-ring (bicyclic) bond motifs is 1. The maximum atomic E-state index is 9.08. The van der Waals surface area contributed by atoms with Crippen molar-refractivity contribution in [2.45, 2.75) is 13.0 Å². The number of aryl methyl sites for hydroxylation is 1. The maximum Gasteiger partial charge on any atom is 0.133 e. The molecule has 0 unspecified atom stereocenters. The number of imidazole rings is 1. The number of hydrogen-bond donors (Lipinski definition) is 1. The highest BCUT2D eigenvalue weighted by Gasteiger charge is 2.07. The minimum absolute atomic E-state index is 0.189. The largest absolute Gasteiger partial charge is 0.396 e. The SMILES string of the molecule is OCCCn1c(/C=C/c2ccccc2)nc2ccccc21. The van der Waals surface area contributed by atoms with E-state index in [2.05, 4.69) is 33.8 Å². The first-order valence-electron chi connectivity index (χ1n) is 7.18. The lowest BCUT2D eigenvalue weighted by Gasteiger charge is -2.05. The number of aliphatic hydroxyl groups is 1. The molecule has 0 amide bonds. The number of aromatic nitrogens is 2. The third-order valence-corrected chi connectivity index (χ3v) is 3.45. The highest BCUT2D eigenvalue weighted by atomic mass is 16.3. The summed E-state index contributed by atoms with van der Waals surface area (Å²) < 4.78 is 2.16. The monoisotopic (exact) mass is 278 g/mol. The predicted molar refractivity (Wildman–Crippen MR) is 86.8 cm³/mol. The van der Waals surface area contributed by atoms with Crippen LogP contribution in [0, 0.1) is 0 Å². The summed E-state index contributed by atoms with van der Waals surface area (Å²) >= 11 is 0. The highest BCUT2D eigenvalue weighted by Crippen LogP contribution is 2.18. The van der Waals surface area contributed by atoms with Crippen LogP contribution < -0.4 is 0 Å². The fourth-order valence-corrected chi connectivity index (χ4v) is 2.42. The molecule has 1 heterocycles. The van der Waals surface area contributed by atoms with Crippen molar-refractivity contribution in [3.8, 4) is 0 Å². The number of benzene rings is 2. The second-order valence-corrected chi connectivity index (χ2v) is 4.93. The predicted octanol–water partition coefficient (Wildman–Crippen LogP) is 3.59. The number of nitrogens with zero attached hydrogens (tertiary/aromatic N) is 2. The van der Waals surface area contributed by atoms with Gasteiger partial charge in [0.05, 0.1) is 11.0 Å². The Labute approximate surface area is 124 Å². The molecule has 1 aromatic heterocycles. The molecule has 0 aliphatic rings. The minimum Gasteiger partial charge on any atom is -0.396 e. The van der Waals surface area contributed by atoms with Gasteiger partial charge >= 0.3 is 0 Å². The number of rotatable bonds is 5. The van der Waals surface area contributed by atoms with Crippen molar-refractivity contribution in [2.75, 3.05) is 6.61 Å². The fourth-order valence-electron chi connectivity index (χ4n) is 2.42. The third kappa shape index (κ3) is 3.03. The standard InChI is InChI=1S/C18H18N2O/c21-14-6-13-20-17-10-5-4-9-16(17)19-18(20)12-11-15-7-2-1-3-8-15/h1-5,7-12,21H,6,13-14H2/b12-11+. The number of hydrogen-bond acceptors (Lipinski definition) is 2. The first-order chi connectivity index (χ1) is 10.4. The van der Waals surface area contributed by atoms with E-state index in [0.29, 0.717) is 0 Å². The van der Waals surface area contributed by atoms with Crippen molar-refractivity contribution in [2.24, 2.45) is 0 Å². The van der Waals surface area contributed by atoms with E-state index in [9.17, 15) is 0 Å². The molecule has 3 heteroatoms. The van der Waals surface area contributed by atoms with E-state index in [4.69, 9.17) is 5.11 Å². The smallest absolute Gasteiger partial charge is 0.133 e. The van der Waals surface area contributed by atoms with Crippen LogP contribution in [0.3, 0.4) is 0 Å². The van der Waals surface area contributed by atoms with Crippen molar-refractivity contribution in [1.82, 2.24) is 9.55 Å². The number of aliphatic hydroxyl groups excluding tert-OH is 1. The summed E-state index contributed by atoms with van der Waals surface area (Å²) in [5.41, 5.74) is 3.25. The molecule has 3 nitrogen and oxygen atoms in total. The highest BCUT2D eigenvalue weighted by molar-refractivity contribution is 5.79. The van der Waals surface area contributed by atoms with E-state index >= 15 is 0 Å². The van der Waals surface area contributed by atoms with Crippen molar-refractivity contribution in [3.05, 3.63) is 66.0 Å². The van der Waals surface area contributed by atoms with Crippen molar-refractivity contribution in [3.63, 3.8) is 0 Å². The Morgan fingerprint density at radius 3 is 2.52 bits per heavy atom. The van der Waals surface area contributed by atoms with Gasteiger partial charge < -0.3 is 9.67 Å². The Hall–Kier alpha value is -2.39. The summed E-state index contributed by atoms with van der Waals surface area (Å²) in [4.78, 5) is 4.68. The van der Waals surface area contributed by atoms with E-state index in [0.717, 1.165) is 35.4 Å². The van der Waals surface area contributed by atoms with Gasteiger partial charge in [-0.3, -0.25) is 0 Å². The Balaban J connectivity index is 1.98. The summed E-state index contributed by atoms with van der Waals surface area (Å²) in [6.45, 7) is 0.958. The molecule has 106 valence electrons. The van der Waals surface area contributed by atoms with Gasteiger partial charge in [-0.15, -0.1) is 0 Å². The van der Waals surface area contributed by atoms with Gasteiger partial charge in [0.25, 0.3) is 0 Å². The van der Waals surface area contributed by atoms with E-state index < -0.39 is 0 Å². The van der Waals surface area contributed by atoms with Crippen molar-refractivity contribution >= 4 is 23.2 Å².